The Morgan fingerprint density at radius 2 is 1.80 bits per heavy atom. The van der Waals surface area contributed by atoms with Crippen LogP contribution in [0.15, 0.2) is 65.2 Å². The summed E-state index contributed by atoms with van der Waals surface area (Å²) in [5.74, 6) is 0.904. The van der Waals surface area contributed by atoms with Crippen molar-refractivity contribution in [1.29, 1.82) is 0 Å². The van der Waals surface area contributed by atoms with Gasteiger partial charge in [0.05, 0.1) is 18.6 Å². The van der Waals surface area contributed by atoms with Crippen LogP contribution < -0.4 is 10.5 Å². The van der Waals surface area contributed by atoms with Gasteiger partial charge in [0.15, 0.2) is 0 Å². The molecule has 3 spiro atoms. The second-order valence-corrected chi connectivity index (χ2v) is 9.03. The summed E-state index contributed by atoms with van der Waals surface area (Å²) in [6.45, 7) is 3.85. The first-order chi connectivity index (χ1) is 14.6. The van der Waals surface area contributed by atoms with Crippen LogP contribution in [0.5, 0.6) is 5.75 Å². The van der Waals surface area contributed by atoms with E-state index < -0.39 is 5.54 Å². The Morgan fingerprint density at radius 1 is 1.00 bits per heavy atom. The predicted octanol–water partition coefficient (Wildman–Crippen LogP) is 4.01. The molecule has 1 saturated heterocycles. The summed E-state index contributed by atoms with van der Waals surface area (Å²) in [6.07, 6.45) is 15.7. The molecule has 1 aromatic rings. The van der Waals surface area contributed by atoms with E-state index in [0.717, 1.165) is 29.7 Å². The Morgan fingerprint density at radius 3 is 2.43 bits per heavy atom. The van der Waals surface area contributed by atoms with Crippen molar-refractivity contribution in [3.05, 3.63) is 71.4 Å². The number of allylic oxidation sites excluding steroid dienone is 8. The van der Waals surface area contributed by atoms with Crippen molar-refractivity contribution in [2.45, 2.75) is 37.3 Å². The molecule has 0 aromatic heterocycles. The number of amidine groups is 1. The monoisotopic (exact) mass is 402 g/mol. The standard InChI is InChI=1S/C25H26N2O3/c1-17-7-4-2-3-5-8-19(17)18-9-10-21-20(13-18)25(16-29-22(26)27-25)23(14-28-15-23)24(30-21)11-6-12-24/h2-5,7-10,13H,6,11-12,14-16H2,1H3,(H2,26,27)/b3-2+,4-2?,5-3?,7-4+,8-5-,17-7?,19-8?,19-17+. The molecule has 2 fully saturated rings. The molecule has 2 aliphatic carbocycles. The number of hydrogen-bond acceptors (Lipinski definition) is 5. The second kappa shape index (κ2) is 6.11. The van der Waals surface area contributed by atoms with Gasteiger partial charge >= 0.3 is 0 Å². The molecule has 3 aliphatic heterocycles. The lowest BCUT2D eigenvalue weighted by Gasteiger charge is -2.66. The minimum Gasteiger partial charge on any atom is -0.486 e. The third kappa shape index (κ3) is 2.13. The molecule has 1 aromatic carbocycles. The first-order valence-electron chi connectivity index (χ1n) is 10.7. The zero-order chi connectivity index (χ0) is 20.4. The SMILES string of the molecule is CC1=C(c2ccc3c(c2)C2(COC(N)=N2)C2(COC2)C2(CCC2)O3)/C=C\C=C\C=C\1. The largest absolute Gasteiger partial charge is 0.486 e. The normalized spacial score (nSPS) is 35.2. The number of benzene rings is 1. The highest BCUT2D eigenvalue weighted by molar-refractivity contribution is 5.81. The van der Waals surface area contributed by atoms with Crippen molar-refractivity contribution in [2.24, 2.45) is 16.1 Å². The third-order valence-electron chi connectivity index (χ3n) is 7.66. The highest BCUT2D eigenvalue weighted by atomic mass is 16.5. The number of nitrogens with zero attached hydrogens (tertiary/aromatic N) is 1. The van der Waals surface area contributed by atoms with Crippen LogP contribution >= 0.6 is 0 Å². The van der Waals surface area contributed by atoms with Gasteiger partial charge in [-0.25, -0.2) is 4.99 Å². The molecule has 5 heteroatoms. The number of rotatable bonds is 1. The van der Waals surface area contributed by atoms with Crippen LogP contribution in [0.1, 0.15) is 37.3 Å². The van der Waals surface area contributed by atoms with E-state index in [9.17, 15) is 0 Å². The number of hydrogen-bond donors (Lipinski definition) is 1. The predicted molar refractivity (Wildman–Crippen MR) is 116 cm³/mol. The highest BCUT2D eigenvalue weighted by Crippen LogP contribution is 2.67. The summed E-state index contributed by atoms with van der Waals surface area (Å²) < 4.78 is 18.3. The van der Waals surface area contributed by atoms with Gasteiger partial charge in [-0.1, -0.05) is 42.5 Å². The lowest BCUT2D eigenvalue weighted by atomic mass is 9.49. The van der Waals surface area contributed by atoms with Crippen LogP contribution in [0.4, 0.5) is 0 Å². The number of nitrogens with two attached hydrogens (primary N) is 1. The van der Waals surface area contributed by atoms with E-state index in [4.69, 9.17) is 24.9 Å². The molecule has 1 unspecified atom stereocenters. The molecule has 5 aliphatic rings. The molecule has 2 N–H and O–H groups in total. The third-order valence-corrected chi connectivity index (χ3v) is 7.66. The van der Waals surface area contributed by atoms with E-state index in [0.29, 0.717) is 19.8 Å². The van der Waals surface area contributed by atoms with Crippen molar-refractivity contribution in [3.63, 3.8) is 0 Å². The van der Waals surface area contributed by atoms with Crippen LogP contribution in [0.3, 0.4) is 0 Å². The number of ether oxygens (including phenoxy) is 3. The summed E-state index contributed by atoms with van der Waals surface area (Å²) >= 11 is 0. The zero-order valence-electron chi connectivity index (χ0n) is 17.2. The molecule has 1 saturated carbocycles. The highest BCUT2D eigenvalue weighted by Gasteiger charge is 2.75. The first kappa shape index (κ1) is 18.0. The van der Waals surface area contributed by atoms with Crippen molar-refractivity contribution in [2.75, 3.05) is 19.8 Å². The van der Waals surface area contributed by atoms with Crippen molar-refractivity contribution < 1.29 is 14.2 Å². The Kier molecular flexibility index (Phi) is 3.67. The molecule has 30 heavy (non-hydrogen) atoms. The molecule has 6 rings (SSSR count). The molecular weight excluding hydrogens is 376 g/mol. The maximum absolute atomic E-state index is 6.74. The van der Waals surface area contributed by atoms with Crippen LogP contribution in [-0.4, -0.2) is 31.4 Å². The van der Waals surface area contributed by atoms with Gasteiger partial charge in [0, 0.05) is 5.56 Å². The fourth-order valence-electron chi connectivity index (χ4n) is 5.78. The Hall–Kier alpha value is -2.79. The van der Waals surface area contributed by atoms with Crippen LogP contribution in [0.2, 0.25) is 0 Å². The summed E-state index contributed by atoms with van der Waals surface area (Å²) in [4.78, 5) is 4.97. The fourth-order valence-corrected chi connectivity index (χ4v) is 5.78. The number of fused-ring (bicyclic) bond motifs is 4. The summed E-state index contributed by atoms with van der Waals surface area (Å²) in [5, 5.41) is 0. The maximum atomic E-state index is 6.74. The Balaban J connectivity index is 1.56. The van der Waals surface area contributed by atoms with E-state index in [1.165, 1.54) is 17.6 Å². The summed E-state index contributed by atoms with van der Waals surface area (Å²) in [5.41, 5.74) is 9.68. The lowest BCUT2D eigenvalue weighted by molar-refractivity contribution is -0.281. The molecule has 0 radical (unpaired) electrons. The Labute approximate surface area is 176 Å². The zero-order valence-corrected chi connectivity index (χ0v) is 17.2. The molecule has 3 heterocycles. The summed E-state index contributed by atoms with van der Waals surface area (Å²) in [7, 11) is 0. The molecule has 0 amide bonds. The van der Waals surface area contributed by atoms with Gasteiger partial charge < -0.3 is 19.9 Å². The minimum absolute atomic E-state index is 0.228. The van der Waals surface area contributed by atoms with Crippen molar-refractivity contribution in [3.8, 4) is 5.75 Å². The maximum Gasteiger partial charge on any atom is 0.283 e. The summed E-state index contributed by atoms with van der Waals surface area (Å²) in [6, 6.07) is 6.76. The molecule has 1 atom stereocenters. The average Bonchev–Trinajstić information content (AvgIpc) is 3.04. The van der Waals surface area contributed by atoms with Crippen molar-refractivity contribution >= 4 is 11.6 Å². The minimum atomic E-state index is -0.561. The quantitative estimate of drug-likeness (QED) is 0.771. The first-order valence-corrected chi connectivity index (χ1v) is 10.7. The van der Waals surface area contributed by atoms with E-state index in [1.54, 1.807) is 0 Å². The molecular formula is C25H26N2O3. The van der Waals surface area contributed by atoms with Crippen LogP contribution in [0, 0.1) is 5.41 Å². The second-order valence-electron chi connectivity index (χ2n) is 9.03. The van der Waals surface area contributed by atoms with Gasteiger partial charge in [-0.2, -0.15) is 0 Å². The lowest BCUT2D eigenvalue weighted by Crippen LogP contribution is -2.75. The Bertz CT molecular complexity index is 1070. The van der Waals surface area contributed by atoms with E-state index in [2.05, 4.69) is 49.4 Å². The number of aliphatic imine (C=N–C) groups is 1. The van der Waals surface area contributed by atoms with E-state index in [-0.39, 0.29) is 17.0 Å². The van der Waals surface area contributed by atoms with Crippen LogP contribution in [-0.2, 0) is 15.0 Å². The average molecular weight is 402 g/mol. The fraction of sp³-hybridized carbons (Fsp3) is 0.400. The van der Waals surface area contributed by atoms with E-state index >= 15 is 0 Å². The van der Waals surface area contributed by atoms with Gasteiger partial charge in [-0.05, 0) is 55.0 Å². The van der Waals surface area contributed by atoms with Gasteiger partial charge in [0.1, 0.15) is 23.5 Å². The van der Waals surface area contributed by atoms with E-state index in [1.807, 2.05) is 12.2 Å². The van der Waals surface area contributed by atoms with Gasteiger partial charge in [0.2, 0.25) is 0 Å². The molecule has 5 nitrogen and oxygen atoms in total. The molecule has 0 bridgehead atoms. The molecule has 154 valence electrons. The smallest absolute Gasteiger partial charge is 0.283 e. The topological polar surface area (TPSA) is 66.1 Å². The van der Waals surface area contributed by atoms with Crippen LogP contribution in [0.25, 0.3) is 5.57 Å². The van der Waals surface area contributed by atoms with Crippen molar-refractivity contribution in [1.82, 2.24) is 0 Å². The van der Waals surface area contributed by atoms with Gasteiger partial charge in [0.25, 0.3) is 6.02 Å². The van der Waals surface area contributed by atoms with Gasteiger partial charge in [-0.15, -0.1) is 0 Å². The van der Waals surface area contributed by atoms with Gasteiger partial charge in [-0.3, -0.25) is 0 Å².